The van der Waals surface area contributed by atoms with Crippen molar-refractivity contribution in [3.63, 3.8) is 0 Å². The predicted molar refractivity (Wildman–Crippen MR) is 99.1 cm³/mol. The van der Waals surface area contributed by atoms with E-state index < -0.39 is 5.97 Å². The maximum absolute atomic E-state index is 11.7. The first-order valence-corrected chi connectivity index (χ1v) is 7.84. The summed E-state index contributed by atoms with van der Waals surface area (Å²) < 4.78 is 4.75. The van der Waals surface area contributed by atoms with E-state index in [4.69, 9.17) is 17.0 Å². The highest BCUT2D eigenvalue weighted by Crippen LogP contribution is 2.10. The monoisotopic (exact) mass is 341 g/mol. The molecule has 2 rings (SSSR count). The van der Waals surface area contributed by atoms with Crippen LogP contribution in [0.2, 0.25) is 0 Å². The van der Waals surface area contributed by atoms with Gasteiger partial charge in [-0.1, -0.05) is 48.5 Å². The number of nitrogens with one attached hydrogen (secondary N) is 2. The summed E-state index contributed by atoms with van der Waals surface area (Å²) in [5.74, 6) is -0.407. The van der Waals surface area contributed by atoms with Crippen LogP contribution in [0.25, 0.3) is 0 Å². The largest absolute Gasteiger partial charge is 0.465 e. The molecule has 0 unspecified atom stereocenters. The van der Waals surface area contributed by atoms with Gasteiger partial charge in [0, 0.05) is 5.56 Å². The predicted octanol–water partition coefficient (Wildman–Crippen LogP) is 3.03. The number of hydrogen-bond acceptors (Lipinski definition) is 4. The first-order chi connectivity index (χ1) is 11.6. The maximum Gasteiger partial charge on any atom is 0.338 e. The molecule has 24 heavy (non-hydrogen) atoms. The summed E-state index contributed by atoms with van der Waals surface area (Å²) in [4.78, 5) is 11.7. The van der Waals surface area contributed by atoms with Gasteiger partial charge >= 0.3 is 5.97 Å². The molecule has 6 heteroatoms. The number of hydrazone groups is 1. The van der Waals surface area contributed by atoms with E-state index in [1.807, 2.05) is 43.3 Å². The topological polar surface area (TPSA) is 62.7 Å². The van der Waals surface area contributed by atoms with Gasteiger partial charge in [0.2, 0.25) is 0 Å². The lowest BCUT2D eigenvalue weighted by molar-refractivity contribution is 0.0600. The molecule has 0 saturated heterocycles. The van der Waals surface area contributed by atoms with Gasteiger partial charge in [0.15, 0.2) is 5.11 Å². The minimum Gasteiger partial charge on any atom is -0.465 e. The summed E-state index contributed by atoms with van der Waals surface area (Å²) in [5.41, 5.74) is 4.98. The number of hydrogen-bond donors (Lipinski definition) is 2. The Labute approximate surface area is 146 Å². The van der Waals surface area contributed by atoms with Crippen molar-refractivity contribution in [3.05, 3.63) is 71.3 Å². The molecule has 0 saturated carbocycles. The molecule has 0 bridgehead atoms. The van der Waals surface area contributed by atoms with E-state index in [0.717, 1.165) is 5.56 Å². The van der Waals surface area contributed by atoms with Crippen LogP contribution in [0.1, 0.15) is 34.5 Å². The van der Waals surface area contributed by atoms with E-state index >= 15 is 0 Å². The Bertz CT molecular complexity index is 732. The Morgan fingerprint density at radius 2 is 1.83 bits per heavy atom. The van der Waals surface area contributed by atoms with Crippen molar-refractivity contribution >= 4 is 29.5 Å². The first kappa shape index (κ1) is 17.6. The second kappa shape index (κ2) is 8.79. The molecule has 0 aliphatic heterocycles. The molecule has 0 aliphatic carbocycles. The van der Waals surface area contributed by atoms with E-state index in [1.165, 1.54) is 13.3 Å². The van der Waals surface area contributed by atoms with Gasteiger partial charge < -0.3 is 10.1 Å². The van der Waals surface area contributed by atoms with Crippen LogP contribution in [0, 0.1) is 0 Å². The number of benzene rings is 2. The highest BCUT2D eigenvalue weighted by Gasteiger charge is 2.09. The molecule has 5 nitrogen and oxygen atoms in total. The summed E-state index contributed by atoms with van der Waals surface area (Å²) in [6, 6.07) is 17.1. The molecule has 0 fully saturated rings. The summed E-state index contributed by atoms with van der Waals surface area (Å²) in [6.07, 6.45) is 1.54. The fourth-order valence-electron chi connectivity index (χ4n) is 2.12. The second-order valence-corrected chi connectivity index (χ2v) is 5.46. The molecule has 124 valence electrons. The lowest BCUT2D eigenvalue weighted by Crippen LogP contribution is -2.34. The maximum atomic E-state index is 11.7. The number of carbonyl (C=O) groups excluding carboxylic acids is 1. The summed E-state index contributed by atoms with van der Waals surface area (Å²) in [6.45, 7) is 2.01. The van der Waals surface area contributed by atoms with Crippen LogP contribution in [0.5, 0.6) is 0 Å². The van der Waals surface area contributed by atoms with Crippen LogP contribution < -0.4 is 10.7 Å². The van der Waals surface area contributed by atoms with Crippen molar-refractivity contribution in [1.29, 1.82) is 0 Å². The number of esters is 1. The zero-order valence-electron chi connectivity index (χ0n) is 13.5. The van der Waals surface area contributed by atoms with Gasteiger partial charge in [-0.25, -0.2) is 4.79 Å². The third-order valence-electron chi connectivity index (χ3n) is 3.38. The Balaban J connectivity index is 1.95. The van der Waals surface area contributed by atoms with E-state index in [0.29, 0.717) is 16.2 Å². The fraction of sp³-hybridized carbons (Fsp3) is 0.167. The van der Waals surface area contributed by atoms with Gasteiger partial charge in [-0.05, 0) is 30.8 Å². The number of thiocarbonyl (C=S) groups is 1. The van der Waals surface area contributed by atoms with Crippen LogP contribution in [0.15, 0.2) is 59.7 Å². The molecule has 0 aliphatic rings. The molecular formula is C18H19N3O2S. The summed E-state index contributed by atoms with van der Waals surface area (Å²) in [7, 11) is 1.35. The molecule has 0 aromatic heterocycles. The number of carbonyl (C=O) groups is 1. The average molecular weight is 341 g/mol. The normalized spacial score (nSPS) is 11.8. The molecule has 1 atom stereocenters. The molecule has 0 spiro atoms. The molecule has 2 aromatic carbocycles. The Morgan fingerprint density at radius 1 is 1.17 bits per heavy atom. The first-order valence-electron chi connectivity index (χ1n) is 7.43. The highest BCUT2D eigenvalue weighted by atomic mass is 32.1. The number of nitrogens with zero attached hydrogens (tertiary/aromatic N) is 1. The number of methoxy groups -OCH3 is 1. The zero-order valence-corrected chi connectivity index (χ0v) is 14.3. The SMILES string of the molecule is COC(=O)c1ccccc1/C=N\NC(=S)N[C@H](C)c1ccccc1. The van der Waals surface area contributed by atoms with Crippen molar-refractivity contribution in [2.75, 3.05) is 7.11 Å². The van der Waals surface area contributed by atoms with Crippen LogP contribution >= 0.6 is 12.2 Å². The Hall–Kier alpha value is -2.73. The van der Waals surface area contributed by atoms with Crippen LogP contribution in [0.3, 0.4) is 0 Å². The average Bonchev–Trinajstić information content (AvgIpc) is 2.62. The molecule has 0 amide bonds. The summed E-state index contributed by atoms with van der Waals surface area (Å²) in [5, 5.41) is 7.63. The van der Waals surface area contributed by atoms with Gasteiger partial charge in [-0.2, -0.15) is 5.10 Å². The highest BCUT2D eigenvalue weighted by molar-refractivity contribution is 7.80. The van der Waals surface area contributed by atoms with Crippen molar-refractivity contribution < 1.29 is 9.53 Å². The number of rotatable bonds is 5. The van der Waals surface area contributed by atoms with Crippen LogP contribution in [0.4, 0.5) is 0 Å². The Morgan fingerprint density at radius 3 is 2.54 bits per heavy atom. The van der Waals surface area contributed by atoms with Gasteiger partial charge in [0.05, 0.1) is 24.9 Å². The fourth-order valence-corrected chi connectivity index (χ4v) is 2.35. The van der Waals surface area contributed by atoms with Gasteiger partial charge in [0.1, 0.15) is 0 Å². The molecule has 0 radical (unpaired) electrons. The van der Waals surface area contributed by atoms with Crippen molar-refractivity contribution in [2.45, 2.75) is 13.0 Å². The Kier molecular flexibility index (Phi) is 6.45. The third-order valence-corrected chi connectivity index (χ3v) is 3.59. The van der Waals surface area contributed by atoms with Gasteiger partial charge in [0.25, 0.3) is 0 Å². The lowest BCUT2D eigenvalue weighted by Gasteiger charge is -2.15. The minimum absolute atomic E-state index is 0.0590. The van der Waals surface area contributed by atoms with E-state index in [1.54, 1.807) is 18.2 Å². The molecule has 2 aromatic rings. The number of ether oxygens (including phenoxy) is 1. The van der Waals surface area contributed by atoms with Crippen molar-refractivity contribution in [2.24, 2.45) is 5.10 Å². The van der Waals surface area contributed by atoms with E-state index in [9.17, 15) is 4.79 Å². The minimum atomic E-state index is -0.407. The standard InChI is InChI=1S/C18H19N3O2S/c1-13(14-8-4-3-5-9-14)20-18(24)21-19-12-15-10-6-7-11-16(15)17(22)23-2/h3-13H,1-2H3,(H2,20,21,24)/b19-12-/t13-/m1/s1. The van der Waals surface area contributed by atoms with E-state index in [2.05, 4.69) is 15.8 Å². The smallest absolute Gasteiger partial charge is 0.338 e. The second-order valence-electron chi connectivity index (χ2n) is 5.05. The molecular weight excluding hydrogens is 322 g/mol. The van der Waals surface area contributed by atoms with E-state index in [-0.39, 0.29) is 6.04 Å². The van der Waals surface area contributed by atoms with Gasteiger partial charge in [-0.15, -0.1) is 0 Å². The quantitative estimate of drug-likeness (QED) is 0.379. The van der Waals surface area contributed by atoms with Crippen LogP contribution in [-0.2, 0) is 4.74 Å². The lowest BCUT2D eigenvalue weighted by atomic mass is 10.1. The summed E-state index contributed by atoms with van der Waals surface area (Å²) >= 11 is 5.23. The van der Waals surface area contributed by atoms with Crippen molar-refractivity contribution in [1.82, 2.24) is 10.7 Å². The molecule has 2 N–H and O–H groups in total. The van der Waals surface area contributed by atoms with Crippen molar-refractivity contribution in [3.8, 4) is 0 Å². The van der Waals surface area contributed by atoms with Crippen LogP contribution in [-0.4, -0.2) is 24.4 Å². The molecule has 0 heterocycles. The zero-order chi connectivity index (χ0) is 17.4. The van der Waals surface area contributed by atoms with Gasteiger partial charge in [-0.3, -0.25) is 5.43 Å². The third kappa shape index (κ3) is 4.89.